The van der Waals surface area contributed by atoms with E-state index < -0.39 is 26.5 Å². The molecule has 0 N–H and O–H groups in total. The first kappa shape index (κ1) is 22.3. The smallest absolute Gasteiger partial charge is 0.270 e. The fourth-order valence-corrected chi connectivity index (χ4v) is 5.23. The number of hydrogen-bond donors (Lipinski definition) is 0. The van der Waals surface area contributed by atoms with Crippen LogP contribution in [0.25, 0.3) is 10.2 Å². The molecule has 31 heavy (non-hydrogen) atoms. The fraction of sp³-hybridized carbons (Fsp3) is 0.200. The van der Waals surface area contributed by atoms with Gasteiger partial charge in [-0.2, -0.15) is 4.99 Å². The lowest BCUT2D eigenvalue weighted by molar-refractivity contribution is -0.384. The second-order valence-corrected chi connectivity index (χ2v) is 9.58. The van der Waals surface area contributed by atoms with Crippen LogP contribution in [-0.2, 0) is 21.2 Å². The molecule has 0 saturated carbocycles. The fourth-order valence-electron chi connectivity index (χ4n) is 2.84. The molecular formula is C20H16FN3O5S2. The van der Waals surface area contributed by atoms with Crippen LogP contribution in [0.4, 0.5) is 10.1 Å². The molecule has 160 valence electrons. The first-order valence-electron chi connectivity index (χ1n) is 8.98. The first-order valence-corrected chi connectivity index (χ1v) is 11.5. The second kappa shape index (κ2) is 9.20. The van der Waals surface area contributed by atoms with Gasteiger partial charge in [0.2, 0.25) is 5.91 Å². The Balaban J connectivity index is 1.78. The number of hydrogen-bond acceptors (Lipinski definition) is 6. The summed E-state index contributed by atoms with van der Waals surface area (Å²) in [4.78, 5) is 27.1. The highest BCUT2D eigenvalue weighted by atomic mass is 32.2. The highest BCUT2D eigenvalue weighted by Crippen LogP contribution is 2.23. The van der Waals surface area contributed by atoms with E-state index in [0.29, 0.717) is 10.2 Å². The normalized spacial score (nSPS) is 12.1. The predicted molar refractivity (Wildman–Crippen MR) is 114 cm³/mol. The van der Waals surface area contributed by atoms with Crippen molar-refractivity contribution in [3.63, 3.8) is 0 Å². The van der Waals surface area contributed by atoms with Crippen molar-refractivity contribution < 1.29 is 22.5 Å². The van der Waals surface area contributed by atoms with Crippen molar-refractivity contribution in [1.29, 1.82) is 0 Å². The van der Waals surface area contributed by atoms with Gasteiger partial charge in [-0.1, -0.05) is 17.3 Å². The average molecular weight is 461 g/mol. The Morgan fingerprint density at radius 1 is 1.26 bits per heavy atom. The number of sulfone groups is 1. The number of carbonyl (C=O) groups excluding carboxylic acids is 1. The summed E-state index contributed by atoms with van der Waals surface area (Å²) in [5, 5.41) is 11.0. The maximum atomic E-state index is 13.0. The molecule has 3 aromatic rings. The van der Waals surface area contributed by atoms with Crippen LogP contribution in [0.2, 0.25) is 0 Å². The lowest BCUT2D eigenvalue weighted by Gasteiger charge is -2.03. The van der Waals surface area contributed by atoms with E-state index in [1.165, 1.54) is 24.3 Å². The zero-order chi connectivity index (χ0) is 22.6. The highest BCUT2D eigenvalue weighted by Gasteiger charge is 2.16. The Morgan fingerprint density at radius 2 is 1.97 bits per heavy atom. The van der Waals surface area contributed by atoms with E-state index in [0.717, 1.165) is 23.5 Å². The Labute approximate surface area is 180 Å². The molecule has 0 bridgehead atoms. The molecule has 0 aliphatic carbocycles. The van der Waals surface area contributed by atoms with Crippen LogP contribution in [0, 0.1) is 28.3 Å². The van der Waals surface area contributed by atoms with Crippen LogP contribution in [0.1, 0.15) is 12.8 Å². The standard InChI is InChI=1S/C20H16FN3O5S2/c1-2-11-23-17-10-7-15(24(26)27)13-18(17)30-20(23)22-19(25)4-3-12-31(28,29)16-8-5-14(21)6-9-16/h1,5-10,13H,3-4,11-12H2. The van der Waals surface area contributed by atoms with E-state index in [1.54, 1.807) is 10.6 Å². The van der Waals surface area contributed by atoms with Gasteiger partial charge >= 0.3 is 0 Å². The van der Waals surface area contributed by atoms with Crippen LogP contribution in [0.5, 0.6) is 0 Å². The molecule has 8 nitrogen and oxygen atoms in total. The van der Waals surface area contributed by atoms with E-state index in [2.05, 4.69) is 10.9 Å². The van der Waals surface area contributed by atoms with Crippen molar-refractivity contribution in [2.24, 2.45) is 4.99 Å². The van der Waals surface area contributed by atoms with Gasteiger partial charge in [-0.05, 0) is 36.8 Å². The van der Waals surface area contributed by atoms with E-state index >= 15 is 0 Å². The Kier molecular flexibility index (Phi) is 6.62. The summed E-state index contributed by atoms with van der Waals surface area (Å²) in [7, 11) is -3.65. The van der Waals surface area contributed by atoms with E-state index in [4.69, 9.17) is 6.42 Å². The van der Waals surface area contributed by atoms with Crippen LogP contribution in [0.15, 0.2) is 52.4 Å². The van der Waals surface area contributed by atoms with Crippen molar-refractivity contribution in [2.75, 3.05) is 5.75 Å². The molecular weight excluding hydrogens is 445 g/mol. The predicted octanol–water partition coefficient (Wildman–Crippen LogP) is 3.06. The molecule has 1 heterocycles. The molecule has 0 aliphatic rings. The Morgan fingerprint density at radius 3 is 2.61 bits per heavy atom. The lowest BCUT2D eigenvalue weighted by atomic mass is 10.3. The number of nitro benzene ring substituents is 1. The molecule has 1 aromatic heterocycles. The second-order valence-electron chi connectivity index (χ2n) is 6.47. The summed E-state index contributed by atoms with van der Waals surface area (Å²) in [6, 6.07) is 8.73. The van der Waals surface area contributed by atoms with E-state index in [-0.39, 0.29) is 40.5 Å². The number of rotatable bonds is 7. The summed E-state index contributed by atoms with van der Waals surface area (Å²) < 4.78 is 39.7. The lowest BCUT2D eigenvalue weighted by Crippen LogP contribution is -2.16. The van der Waals surface area contributed by atoms with E-state index in [1.807, 2.05) is 0 Å². The third-order valence-electron chi connectivity index (χ3n) is 4.32. The summed E-state index contributed by atoms with van der Waals surface area (Å²) in [6.07, 6.45) is 5.31. The van der Waals surface area contributed by atoms with Gasteiger partial charge < -0.3 is 4.57 Å². The highest BCUT2D eigenvalue weighted by molar-refractivity contribution is 7.91. The first-order chi connectivity index (χ1) is 14.7. The molecule has 0 radical (unpaired) electrons. The molecule has 0 saturated heterocycles. The number of nitro groups is 1. The molecule has 0 atom stereocenters. The molecule has 0 spiro atoms. The van der Waals surface area contributed by atoms with Gasteiger partial charge in [0.25, 0.3) is 5.69 Å². The molecule has 1 amide bonds. The number of non-ortho nitro benzene ring substituents is 1. The minimum atomic E-state index is -3.65. The minimum absolute atomic E-state index is 0.0174. The van der Waals surface area contributed by atoms with Gasteiger partial charge in [0.1, 0.15) is 5.82 Å². The molecule has 11 heteroatoms. The van der Waals surface area contributed by atoms with Crippen LogP contribution in [0.3, 0.4) is 0 Å². The van der Waals surface area contributed by atoms with Crippen LogP contribution >= 0.6 is 11.3 Å². The summed E-state index contributed by atoms with van der Waals surface area (Å²) in [5.74, 6) is 1.09. The third-order valence-corrected chi connectivity index (χ3v) is 7.18. The summed E-state index contributed by atoms with van der Waals surface area (Å²) in [6.45, 7) is 0.114. The van der Waals surface area contributed by atoms with Crippen LogP contribution in [-0.4, -0.2) is 29.6 Å². The van der Waals surface area contributed by atoms with Gasteiger partial charge in [-0.25, -0.2) is 12.8 Å². The van der Waals surface area contributed by atoms with Gasteiger partial charge in [0.05, 0.1) is 32.3 Å². The number of benzene rings is 2. The molecule has 2 aromatic carbocycles. The minimum Gasteiger partial charge on any atom is -0.305 e. The average Bonchev–Trinajstić information content (AvgIpc) is 3.04. The number of fused-ring (bicyclic) bond motifs is 1. The third kappa shape index (κ3) is 5.22. The van der Waals surface area contributed by atoms with Crippen LogP contribution < -0.4 is 4.80 Å². The van der Waals surface area contributed by atoms with Crippen molar-refractivity contribution in [1.82, 2.24) is 4.57 Å². The number of nitrogens with zero attached hydrogens (tertiary/aromatic N) is 3. The molecule has 3 rings (SSSR count). The number of halogens is 1. The van der Waals surface area contributed by atoms with Crippen molar-refractivity contribution >= 4 is 43.0 Å². The van der Waals surface area contributed by atoms with Gasteiger partial charge in [0.15, 0.2) is 14.6 Å². The van der Waals surface area contributed by atoms with Crippen molar-refractivity contribution in [3.8, 4) is 12.3 Å². The van der Waals surface area contributed by atoms with Crippen molar-refractivity contribution in [2.45, 2.75) is 24.3 Å². The van der Waals surface area contributed by atoms with E-state index in [9.17, 15) is 27.7 Å². The molecule has 0 unspecified atom stereocenters. The van der Waals surface area contributed by atoms with Gasteiger partial charge in [-0.3, -0.25) is 14.9 Å². The maximum Gasteiger partial charge on any atom is 0.270 e. The molecule has 0 aliphatic heterocycles. The monoisotopic (exact) mass is 461 g/mol. The topological polar surface area (TPSA) is 112 Å². The SMILES string of the molecule is C#CCn1c(=NC(=O)CCCS(=O)(=O)c2ccc(F)cc2)sc2cc([N+](=O)[O-])ccc21. The quantitative estimate of drug-likeness (QED) is 0.232. The van der Waals surface area contributed by atoms with Gasteiger partial charge in [-0.15, -0.1) is 6.42 Å². The number of terminal acetylenes is 1. The number of amides is 1. The number of aromatic nitrogens is 1. The van der Waals surface area contributed by atoms with Gasteiger partial charge in [0, 0.05) is 18.6 Å². The summed E-state index contributed by atoms with van der Waals surface area (Å²) >= 11 is 1.08. The number of thiazole rings is 1. The van der Waals surface area contributed by atoms with Crippen molar-refractivity contribution in [3.05, 3.63) is 63.2 Å². The zero-order valence-electron chi connectivity index (χ0n) is 16.0. The largest absolute Gasteiger partial charge is 0.305 e. The number of carbonyl (C=O) groups is 1. The zero-order valence-corrected chi connectivity index (χ0v) is 17.7. The molecule has 0 fully saturated rings. The summed E-state index contributed by atoms with van der Waals surface area (Å²) in [5.41, 5.74) is 0.518. The Hall–Kier alpha value is -3.36. The Bertz CT molecular complexity index is 1370. The maximum absolute atomic E-state index is 13.0.